The van der Waals surface area contributed by atoms with Gasteiger partial charge in [0, 0.05) is 5.69 Å². The summed E-state index contributed by atoms with van der Waals surface area (Å²) < 4.78 is 23.7. The van der Waals surface area contributed by atoms with Gasteiger partial charge in [0.1, 0.15) is 5.75 Å². The number of rotatable bonds is 3. The molecule has 20 heavy (non-hydrogen) atoms. The molecule has 2 rings (SSSR count). The second-order valence-electron chi connectivity index (χ2n) is 3.89. The molecule has 0 fully saturated rings. The van der Waals surface area contributed by atoms with E-state index in [2.05, 4.69) is 4.74 Å². The molecule has 0 heterocycles. The summed E-state index contributed by atoms with van der Waals surface area (Å²) in [5, 5.41) is -0.0499. The van der Waals surface area contributed by atoms with Crippen LogP contribution in [0.3, 0.4) is 0 Å². The van der Waals surface area contributed by atoms with E-state index in [9.17, 15) is 9.18 Å². The third-order valence-corrected chi connectivity index (χ3v) is 2.87. The Hall–Kier alpha value is -2.27. The molecule has 0 aromatic heterocycles. The smallest absolute Gasteiger partial charge is 0.340 e. The number of methoxy groups -OCH3 is 1. The summed E-state index contributed by atoms with van der Waals surface area (Å²) in [6.07, 6.45) is 0. The fraction of sp³-hybridized carbons (Fsp3) is 0.0714. The van der Waals surface area contributed by atoms with Crippen LogP contribution in [-0.4, -0.2) is 13.1 Å². The van der Waals surface area contributed by atoms with Gasteiger partial charge in [-0.2, -0.15) is 0 Å². The van der Waals surface area contributed by atoms with Crippen LogP contribution in [0.25, 0.3) is 0 Å². The minimum Gasteiger partial charge on any atom is -0.465 e. The number of anilines is 1. The van der Waals surface area contributed by atoms with E-state index in [1.54, 1.807) is 6.07 Å². The minimum atomic E-state index is -0.675. The highest BCUT2D eigenvalue weighted by atomic mass is 35.5. The fourth-order valence-corrected chi connectivity index (χ4v) is 1.74. The van der Waals surface area contributed by atoms with Gasteiger partial charge in [-0.15, -0.1) is 0 Å². The molecule has 0 bridgehead atoms. The van der Waals surface area contributed by atoms with E-state index in [1.165, 1.54) is 37.4 Å². The molecule has 0 amide bonds. The van der Waals surface area contributed by atoms with Crippen molar-refractivity contribution in [3.63, 3.8) is 0 Å². The topological polar surface area (TPSA) is 61.5 Å². The number of nitrogen functional groups attached to an aromatic ring is 1. The Balaban J connectivity index is 2.35. The Morgan fingerprint density at radius 1 is 1.30 bits per heavy atom. The molecule has 6 heteroatoms. The van der Waals surface area contributed by atoms with Gasteiger partial charge in [0.25, 0.3) is 0 Å². The predicted molar refractivity (Wildman–Crippen MR) is 73.7 cm³/mol. The van der Waals surface area contributed by atoms with Crippen molar-refractivity contribution in [3.05, 3.63) is 52.8 Å². The van der Waals surface area contributed by atoms with Crippen LogP contribution in [0.1, 0.15) is 10.4 Å². The molecule has 0 spiro atoms. The SMILES string of the molecule is COC(=O)c1cc(Oc2cccc(Cl)c2F)ccc1N. The second-order valence-corrected chi connectivity index (χ2v) is 4.30. The van der Waals surface area contributed by atoms with Gasteiger partial charge in [-0.1, -0.05) is 17.7 Å². The molecule has 0 radical (unpaired) electrons. The molecule has 104 valence electrons. The number of hydrogen-bond donors (Lipinski definition) is 1. The average Bonchev–Trinajstić information content (AvgIpc) is 2.45. The second kappa shape index (κ2) is 5.79. The van der Waals surface area contributed by atoms with Gasteiger partial charge in [-0.25, -0.2) is 9.18 Å². The lowest BCUT2D eigenvalue weighted by Crippen LogP contribution is -2.05. The predicted octanol–water partition coefficient (Wildman–Crippen LogP) is 3.64. The van der Waals surface area contributed by atoms with Gasteiger partial charge >= 0.3 is 5.97 Å². The number of carbonyl (C=O) groups is 1. The first-order valence-electron chi connectivity index (χ1n) is 5.62. The lowest BCUT2D eigenvalue weighted by atomic mass is 10.1. The molecule has 0 atom stereocenters. The van der Waals surface area contributed by atoms with Gasteiger partial charge < -0.3 is 15.2 Å². The van der Waals surface area contributed by atoms with Crippen LogP contribution in [0.2, 0.25) is 5.02 Å². The van der Waals surface area contributed by atoms with Crippen molar-refractivity contribution >= 4 is 23.3 Å². The van der Waals surface area contributed by atoms with Crippen molar-refractivity contribution in [3.8, 4) is 11.5 Å². The highest BCUT2D eigenvalue weighted by Crippen LogP contribution is 2.30. The zero-order chi connectivity index (χ0) is 14.7. The van der Waals surface area contributed by atoms with Crippen LogP contribution in [0.15, 0.2) is 36.4 Å². The maximum Gasteiger partial charge on any atom is 0.340 e. The number of esters is 1. The number of carbonyl (C=O) groups excluding carboxylic acids is 1. The summed E-state index contributed by atoms with van der Waals surface area (Å²) in [7, 11) is 1.24. The summed E-state index contributed by atoms with van der Waals surface area (Å²) in [6, 6.07) is 8.76. The first-order valence-corrected chi connectivity index (χ1v) is 6.00. The van der Waals surface area contributed by atoms with Crippen LogP contribution in [-0.2, 0) is 4.74 Å². The van der Waals surface area contributed by atoms with Gasteiger partial charge in [-0.3, -0.25) is 0 Å². The number of nitrogens with two attached hydrogens (primary N) is 1. The molecule has 0 saturated heterocycles. The Morgan fingerprint density at radius 2 is 2.05 bits per heavy atom. The summed E-state index contributed by atoms with van der Waals surface area (Å²) in [6.45, 7) is 0. The van der Waals surface area contributed by atoms with E-state index in [4.69, 9.17) is 22.1 Å². The third kappa shape index (κ3) is 2.83. The van der Waals surface area contributed by atoms with Crippen LogP contribution in [0.4, 0.5) is 10.1 Å². The first kappa shape index (κ1) is 14.1. The van der Waals surface area contributed by atoms with E-state index in [0.717, 1.165) is 0 Å². The van der Waals surface area contributed by atoms with E-state index >= 15 is 0 Å². The van der Waals surface area contributed by atoms with Gasteiger partial charge in [0.15, 0.2) is 11.6 Å². The molecule has 2 aromatic rings. The number of ether oxygens (including phenoxy) is 2. The van der Waals surface area contributed by atoms with Gasteiger partial charge in [0.2, 0.25) is 0 Å². The molecule has 0 saturated carbocycles. The number of benzene rings is 2. The molecule has 2 aromatic carbocycles. The molecule has 2 N–H and O–H groups in total. The van der Waals surface area contributed by atoms with E-state index < -0.39 is 11.8 Å². The highest BCUT2D eigenvalue weighted by Gasteiger charge is 2.13. The van der Waals surface area contributed by atoms with Gasteiger partial charge in [-0.05, 0) is 30.3 Å². The number of halogens is 2. The zero-order valence-corrected chi connectivity index (χ0v) is 11.3. The van der Waals surface area contributed by atoms with Crippen molar-refractivity contribution in [2.45, 2.75) is 0 Å². The quantitative estimate of drug-likeness (QED) is 0.693. The van der Waals surface area contributed by atoms with Crippen LogP contribution in [0, 0.1) is 5.82 Å². The molecule has 0 aliphatic heterocycles. The van der Waals surface area contributed by atoms with E-state index in [0.29, 0.717) is 0 Å². The van der Waals surface area contributed by atoms with Crippen molar-refractivity contribution in [1.29, 1.82) is 0 Å². The highest BCUT2D eigenvalue weighted by molar-refractivity contribution is 6.30. The maximum atomic E-state index is 13.7. The van der Waals surface area contributed by atoms with Crippen molar-refractivity contribution in [2.24, 2.45) is 0 Å². The summed E-state index contributed by atoms with van der Waals surface area (Å²) >= 11 is 5.66. The third-order valence-electron chi connectivity index (χ3n) is 2.57. The normalized spacial score (nSPS) is 10.2. The first-order chi connectivity index (χ1) is 9.52. The Morgan fingerprint density at radius 3 is 2.75 bits per heavy atom. The average molecular weight is 296 g/mol. The lowest BCUT2D eigenvalue weighted by molar-refractivity contribution is 0.0601. The number of hydrogen-bond acceptors (Lipinski definition) is 4. The fourth-order valence-electron chi connectivity index (χ4n) is 1.58. The standard InChI is InChI=1S/C14H11ClFNO3/c1-19-14(18)9-7-8(5-6-11(9)17)20-12-4-2-3-10(15)13(12)16/h2-7H,17H2,1H3. The monoisotopic (exact) mass is 295 g/mol. The Kier molecular flexibility index (Phi) is 4.10. The summed E-state index contributed by atoms with van der Waals surface area (Å²) in [4.78, 5) is 11.5. The Bertz CT molecular complexity index is 661. The van der Waals surface area contributed by atoms with E-state index in [1.807, 2.05) is 0 Å². The molecule has 4 nitrogen and oxygen atoms in total. The maximum absolute atomic E-state index is 13.7. The Labute approximate surface area is 119 Å². The van der Waals surface area contributed by atoms with E-state index in [-0.39, 0.29) is 27.8 Å². The molecular weight excluding hydrogens is 285 g/mol. The summed E-state index contributed by atoms with van der Waals surface area (Å²) in [5.74, 6) is -1.07. The lowest BCUT2D eigenvalue weighted by Gasteiger charge is -2.10. The van der Waals surface area contributed by atoms with Crippen LogP contribution >= 0.6 is 11.6 Å². The van der Waals surface area contributed by atoms with Crippen molar-refractivity contribution in [1.82, 2.24) is 0 Å². The molecule has 0 aliphatic rings. The largest absolute Gasteiger partial charge is 0.465 e. The minimum absolute atomic E-state index is 0.0434. The van der Waals surface area contributed by atoms with Crippen LogP contribution in [0.5, 0.6) is 11.5 Å². The summed E-state index contributed by atoms with van der Waals surface area (Å²) in [5.41, 5.74) is 6.05. The van der Waals surface area contributed by atoms with Crippen molar-refractivity contribution in [2.75, 3.05) is 12.8 Å². The van der Waals surface area contributed by atoms with Gasteiger partial charge in [0.05, 0.1) is 17.7 Å². The molecule has 0 aliphatic carbocycles. The zero-order valence-electron chi connectivity index (χ0n) is 10.5. The van der Waals surface area contributed by atoms with Crippen molar-refractivity contribution < 1.29 is 18.7 Å². The molecule has 0 unspecified atom stereocenters. The molecular formula is C14H11ClFNO3. The van der Waals surface area contributed by atoms with Crippen LogP contribution < -0.4 is 10.5 Å².